The molecule has 2 atom stereocenters. The van der Waals surface area contributed by atoms with Crippen molar-refractivity contribution in [2.75, 3.05) is 5.32 Å². The molecular formula is C20H31N3O3. The van der Waals surface area contributed by atoms with E-state index in [1.807, 2.05) is 45.0 Å². The van der Waals surface area contributed by atoms with Gasteiger partial charge in [-0.25, -0.2) is 0 Å². The number of hydrogen-bond donors (Lipinski definition) is 3. The van der Waals surface area contributed by atoms with E-state index in [0.29, 0.717) is 18.5 Å². The number of nitrogens with one attached hydrogen (secondary N) is 3. The van der Waals surface area contributed by atoms with Gasteiger partial charge in [-0.15, -0.1) is 0 Å². The fraction of sp³-hybridized carbons (Fsp3) is 0.550. The van der Waals surface area contributed by atoms with Crippen LogP contribution in [0.25, 0.3) is 0 Å². The first-order chi connectivity index (χ1) is 12.3. The highest BCUT2D eigenvalue weighted by molar-refractivity contribution is 5.98. The molecule has 0 aromatic heterocycles. The van der Waals surface area contributed by atoms with Crippen LogP contribution in [0.5, 0.6) is 0 Å². The van der Waals surface area contributed by atoms with Crippen LogP contribution in [0.4, 0.5) is 5.69 Å². The topological polar surface area (TPSA) is 87.3 Å². The fourth-order valence-electron chi connectivity index (χ4n) is 2.45. The summed E-state index contributed by atoms with van der Waals surface area (Å²) in [7, 11) is 0. The van der Waals surface area contributed by atoms with Crippen LogP contribution in [0.15, 0.2) is 24.3 Å². The summed E-state index contributed by atoms with van der Waals surface area (Å²) in [5.74, 6) is -0.888. The second-order valence-corrected chi connectivity index (χ2v) is 6.81. The SMILES string of the molecule is CCCC(=O)N[C@H](C(=O)N[C@@H](C)C(=O)Nc1ccc(CC)cc1)C(C)C. The monoisotopic (exact) mass is 361 g/mol. The van der Waals surface area contributed by atoms with Gasteiger partial charge in [-0.2, -0.15) is 0 Å². The van der Waals surface area contributed by atoms with E-state index in [1.165, 1.54) is 5.56 Å². The van der Waals surface area contributed by atoms with E-state index in [-0.39, 0.29) is 23.6 Å². The molecule has 3 N–H and O–H groups in total. The maximum absolute atomic E-state index is 12.5. The smallest absolute Gasteiger partial charge is 0.246 e. The lowest BCUT2D eigenvalue weighted by Gasteiger charge is -2.23. The Labute approximate surface area is 156 Å². The zero-order valence-corrected chi connectivity index (χ0v) is 16.4. The lowest BCUT2D eigenvalue weighted by atomic mass is 10.0. The number of carbonyl (C=O) groups is 3. The predicted molar refractivity (Wildman–Crippen MR) is 104 cm³/mol. The highest BCUT2D eigenvalue weighted by Crippen LogP contribution is 2.10. The molecule has 0 heterocycles. The zero-order chi connectivity index (χ0) is 19.7. The summed E-state index contributed by atoms with van der Waals surface area (Å²) in [6, 6.07) is 6.22. The summed E-state index contributed by atoms with van der Waals surface area (Å²) in [4.78, 5) is 36.6. The number of aryl methyl sites for hydroxylation is 1. The largest absolute Gasteiger partial charge is 0.344 e. The van der Waals surface area contributed by atoms with Crippen LogP contribution in [0.1, 0.15) is 53.0 Å². The Morgan fingerprint density at radius 1 is 0.923 bits per heavy atom. The summed E-state index contributed by atoms with van der Waals surface area (Å²) < 4.78 is 0. The minimum Gasteiger partial charge on any atom is -0.344 e. The minimum absolute atomic E-state index is 0.0762. The van der Waals surface area contributed by atoms with E-state index in [0.717, 1.165) is 6.42 Å². The van der Waals surface area contributed by atoms with Crippen LogP contribution in [-0.2, 0) is 20.8 Å². The van der Waals surface area contributed by atoms with Crippen molar-refractivity contribution in [3.05, 3.63) is 29.8 Å². The molecule has 1 aromatic rings. The molecule has 0 fully saturated rings. The van der Waals surface area contributed by atoms with Crippen LogP contribution in [0, 0.1) is 5.92 Å². The molecule has 6 nitrogen and oxygen atoms in total. The molecule has 144 valence electrons. The number of carbonyl (C=O) groups excluding carboxylic acids is 3. The molecule has 0 spiro atoms. The fourth-order valence-corrected chi connectivity index (χ4v) is 2.45. The van der Waals surface area contributed by atoms with Crippen molar-refractivity contribution in [3.63, 3.8) is 0 Å². The first-order valence-electron chi connectivity index (χ1n) is 9.28. The van der Waals surface area contributed by atoms with Crippen molar-refractivity contribution in [2.24, 2.45) is 5.92 Å². The molecule has 0 saturated heterocycles. The molecule has 0 bridgehead atoms. The number of rotatable bonds is 9. The van der Waals surface area contributed by atoms with Gasteiger partial charge in [0.15, 0.2) is 0 Å². The Hall–Kier alpha value is -2.37. The second-order valence-electron chi connectivity index (χ2n) is 6.81. The minimum atomic E-state index is -0.710. The van der Waals surface area contributed by atoms with Crippen molar-refractivity contribution >= 4 is 23.4 Å². The quantitative estimate of drug-likeness (QED) is 0.632. The van der Waals surface area contributed by atoms with E-state index in [2.05, 4.69) is 22.9 Å². The summed E-state index contributed by atoms with van der Waals surface area (Å²) in [5, 5.41) is 8.21. The molecule has 0 radical (unpaired) electrons. The normalized spacial score (nSPS) is 13.0. The van der Waals surface area contributed by atoms with Crippen LogP contribution in [0.3, 0.4) is 0 Å². The Morgan fingerprint density at radius 3 is 2.04 bits per heavy atom. The van der Waals surface area contributed by atoms with Crippen LogP contribution in [-0.4, -0.2) is 29.8 Å². The highest BCUT2D eigenvalue weighted by atomic mass is 16.2. The van der Waals surface area contributed by atoms with Gasteiger partial charge < -0.3 is 16.0 Å². The van der Waals surface area contributed by atoms with E-state index in [9.17, 15) is 14.4 Å². The third kappa shape index (κ3) is 6.86. The van der Waals surface area contributed by atoms with Crippen molar-refractivity contribution in [3.8, 4) is 0 Å². The van der Waals surface area contributed by atoms with Gasteiger partial charge in [0.05, 0.1) is 0 Å². The van der Waals surface area contributed by atoms with Gasteiger partial charge in [0.1, 0.15) is 12.1 Å². The number of amides is 3. The van der Waals surface area contributed by atoms with Crippen LogP contribution < -0.4 is 16.0 Å². The molecule has 1 rings (SSSR count). The molecular weight excluding hydrogens is 330 g/mol. The van der Waals surface area contributed by atoms with Gasteiger partial charge in [-0.3, -0.25) is 14.4 Å². The second kappa shape index (κ2) is 10.6. The average Bonchev–Trinajstić information content (AvgIpc) is 2.60. The number of anilines is 1. The third-order valence-electron chi connectivity index (χ3n) is 4.12. The summed E-state index contributed by atoms with van der Waals surface area (Å²) in [6.07, 6.45) is 2.02. The number of benzene rings is 1. The van der Waals surface area contributed by atoms with E-state index < -0.39 is 12.1 Å². The van der Waals surface area contributed by atoms with Gasteiger partial charge in [-0.1, -0.05) is 39.8 Å². The molecule has 1 aromatic carbocycles. The molecule has 26 heavy (non-hydrogen) atoms. The first-order valence-corrected chi connectivity index (χ1v) is 9.28. The lowest BCUT2D eigenvalue weighted by molar-refractivity contribution is -0.131. The predicted octanol–water partition coefficient (Wildman–Crippen LogP) is 2.63. The Kier molecular flexibility index (Phi) is 8.82. The van der Waals surface area contributed by atoms with Gasteiger partial charge in [0, 0.05) is 12.1 Å². The van der Waals surface area contributed by atoms with E-state index >= 15 is 0 Å². The molecule has 0 saturated carbocycles. The van der Waals surface area contributed by atoms with E-state index in [4.69, 9.17) is 0 Å². The van der Waals surface area contributed by atoms with Crippen LogP contribution in [0.2, 0.25) is 0 Å². The van der Waals surface area contributed by atoms with Crippen molar-refractivity contribution < 1.29 is 14.4 Å². The highest BCUT2D eigenvalue weighted by Gasteiger charge is 2.26. The summed E-state index contributed by atoms with van der Waals surface area (Å²) in [5.41, 5.74) is 1.87. The summed E-state index contributed by atoms with van der Waals surface area (Å²) in [6.45, 7) is 9.31. The van der Waals surface area contributed by atoms with Gasteiger partial charge in [-0.05, 0) is 43.4 Å². The van der Waals surface area contributed by atoms with E-state index in [1.54, 1.807) is 6.92 Å². The molecule has 3 amide bonds. The van der Waals surface area contributed by atoms with Crippen LogP contribution >= 0.6 is 0 Å². The standard InChI is InChI=1S/C20H31N3O3/c1-6-8-17(24)23-18(13(3)4)20(26)21-14(5)19(25)22-16-11-9-15(7-2)10-12-16/h9-14,18H,6-8H2,1-5H3,(H,21,26)(H,22,25)(H,23,24)/t14-,18-/m0/s1. The van der Waals surface area contributed by atoms with Crippen molar-refractivity contribution in [1.29, 1.82) is 0 Å². The molecule has 0 aliphatic carbocycles. The molecule has 0 unspecified atom stereocenters. The zero-order valence-electron chi connectivity index (χ0n) is 16.4. The molecule has 6 heteroatoms. The number of hydrogen-bond acceptors (Lipinski definition) is 3. The maximum Gasteiger partial charge on any atom is 0.246 e. The molecule has 0 aliphatic rings. The Morgan fingerprint density at radius 2 is 1.54 bits per heavy atom. The van der Waals surface area contributed by atoms with Gasteiger partial charge in [0.2, 0.25) is 17.7 Å². The summed E-state index contributed by atoms with van der Waals surface area (Å²) >= 11 is 0. The van der Waals surface area contributed by atoms with Crippen molar-refractivity contribution in [1.82, 2.24) is 10.6 Å². The van der Waals surface area contributed by atoms with Crippen molar-refractivity contribution in [2.45, 2.75) is 66.0 Å². The van der Waals surface area contributed by atoms with Gasteiger partial charge >= 0.3 is 0 Å². The lowest BCUT2D eigenvalue weighted by Crippen LogP contribution is -2.53. The Balaban J connectivity index is 2.64. The molecule has 0 aliphatic heterocycles. The Bertz CT molecular complexity index is 611. The average molecular weight is 361 g/mol. The first kappa shape index (κ1) is 21.7. The third-order valence-corrected chi connectivity index (χ3v) is 4.12. The van der Waals surface area contributed by atoms with Gasteiger partial charge in [0.25, 0.3) is 0 Å². The maximum atomic E-state index is 12.5.